The van der Waals surface area contributed by atoms with E-state index in [1.54, 1.807) is 32.0 Å². The van der Waals surface area contributed by atoms with Crippen LogP contribution in [0.15, 0.2) is 18.2 Å². The summed E-state index contributed by atoms with van der Waals surface area (Å²) in [6, 6.07) is 4.67. The van der Waals surface area contributed by atoms with Gasteiger partial charge in [0, 0.05) is 12.2 Å². The van der Waals surface area contributed by atoms with Crippen molar-refractivity contribution in [3.8, 4) is 0 Å². The summed E-state index contributed by atoms with van der Waals surface area (Å²) in [6.07, 6.45) is 0. The number of morpholine rings is 1. The summed E-state index contributed by atoms with van der Waals surface area (Å²) in [5, 5.41) is 5.87. The molecule has 22 heavy (non-hydrogen) atoms. The summed E-state index contributed by atoms with van der Waals surface area (Å²) in [6.45, 7) is 4.96. The van der Waals surface area contributed by atoms with E-state index < -0.39 is 10.0 Å². The average molecular weight is 327 g/mol. The van der Waals surface area contributed by atoms with E-state index in [0.717, 1.165) is 5.56 Å². The molecule has 1 aromatic rings. The van der Waals surface area contributed by atoms with Gasteiger partial charge in [-0.15, -0.1) is 0 Å². The zero-order valence-electron chi connectivity index (χ0n) is 12.7. The van der Waals surface area contributed by atoms with E-state index in [1.807, 2.05) is 0 Å². The van der Waals surface area contributed by atoms with Crippen LogP contribution in [0.3, 0.4) is 0 Å². The lowest BCUT2D eigenvalue weighted by Crippen LogP contribution is -2.48. The highest BCUT2D eigenvalue weighted by molar-refractivity contribution is 7.92. The number of nitrogens with one attached hydrogen (secondary N) is 3. The number of aryl methyl sites for hydroxylation is 1. The minimum absolute atomic E-state index is 0.0122. The van der Waals surface area contributed by atoms with Crippen LogP contribution >= 0.6 is 0 Å². The number of sulfonamides is 1. The molecule has 0 bridgehead atoms. The van der Waals surface area contributed by atoms with Crippen molar-refractivity contribution in [3.63, 3.8) is 0 Å². The Morgan fingerprint density at radius 3 is 2.82 bits per heavy atom. The van der Waals surface area contributed by atoms with Crippen molar-refractivity contribution in [1.29, 1.82) is 0 Å². The first-order chi connectivity index (χ1) is 10.4. The number of rotatable bonds is 5. The third kappa shape index (κ3) is 4.43. The van der Waals surface area contributed by atoms with Crippen LogP contribution in [-0.2, 0) is 19.6 Å². The van der Waals surface area contributed by atoms with Crippen molar-refractivity contribution in [1.82, 2.24) is 5.32 Å². The molecule has 1 aromatic carbocycles. The Balaban J connectivity index is 2.04. The van der Waals surface area contributed by atoms with E-state index >= 15 is 0 Å². The molecule has 0 saturated carbocycles. The molecule has 1 aliphatic heterocycles. The highest BCUT2D eigenvalue weighted by Crippen LogP contribution is 2.21. The summed E-state index contributed by atoms with van der Waals surface area (Å²) < 4.78 is 30.9. The predicted molar refractivity (Wildman–Crippen MR) is 85.5 cm³/mol. The quantitative estimate of drug-likeness (QED) is 0.739. The number of hydrogen-bond donors (Lipinski definition) is 3. The average Bonchev–Trinajstić information content (AvgIpc) is 2.51. The van der Waals surface area contributed by atoms with Gasteiger partial charge in [-0.2, -0.15) is 0 Å². The van der Waals surface area contributed by atoms with Crippen LogP contribution in [0, 0.1) is 6.92 Å². The maximum absolute atomic E-state index is 12.1. The molecule has 1 amide bonds. The van der Waals surface area contributed by atoms with Crippen molar-refractivity contribution >= 4 is 27.3 Å². The highest BCUT2D eigenvalue weighted by atomic mass is 32.2. The zero-order chi connectivity index (χ0) is 16.2. The van der Waals surface area contributed by atoms with Gasteiger partial charge in [-0.05, 0) is 37.6 Å². The van der Waals surface area contributed by atoms with Gasteiger partial charge < -0.3 is 15.4 Å². The van der Waals surface area contributed by atoms with Crippen LogP contribution in [0.5, 0.6) is 0 Å². The number of benzene rings is 1. The molecule has 1 aliphatic rings. The number of ether oxygens (including phenoxy) is 1. The molecule has 1 saturated heterocycles. The topological polar surface area (TPSA) is 96.5 Å². The number of hydrogen-bond acceptors (Lipinski definition) is 5. The Hall–Kier alpha value is -1.64. The largest absolute Gasteiger partial charge is 0.378 e. The fourth-order valence-electron chi connectivity index (χ4n) is 2.06. The van der Waals surface area contributed by atoms with Crippen molar-refractivity contribution < 1.29 is 17.9 Å². The Morgan fingerprint density at radius 2 is 2.23 bits per heavy atom. The molecular weight excluding hydrogens is 306 g/mol. The summed E-state index contributed by atoms with van der Waals surface area (Å²) in [4.78, 5) is 12.1. The minimum Gasteiger partial charge on any atom is -0.378 e. The third-order valence-electron chi connectivity index (χ3n) is 3.38. The fourth-order valence-corrected chi connectivity index (χ4v) is 2.77. The summed E-state index contributed by atoms with van der Waals surface area (Å²) in [7, 11) is -3.31. The predicted octanol–water partition coefficient (Wildman–Crippen LogP) is 0.684. The van der Waals surface area contributed by atoms with Crippen LogP contribution in [0.1, 0.15) is 12.5 Å². The Kier molecular flexibility index (Phi) is 5.38. The Bertz CT molecular complexity index is 639. The Labute approximate surface area is 130 Å². The second-order valence-electron chi connectivity index (χ2n) is 5.11. The smallest absolute Gasteiger partial charge is 0.243 e. The molecule has 0 radical (unpaired) electrons. The summed E-state index contributed by atoms with van der Waals surface area (Å²) >= 11 is 0. The molecule has 0 spiro atoms. The molecule has 1 atom stereocenters. The molecular formula is C14H21N3O4S. The van der Waals surface area contributed by atoms with Gasteiger partial charge >= 0.3 is 0 Å². The van der Waals surface area contributed by atoms with Gasteiger partial charge in [0.2, 0.25) is 15.9 Å². The van der Waals surface area contributed by atoms with Crippen LogP contribution in [-0.4, -0.2) is 45.9 Å². The first kappa shape index (κ1) is 16.7. The summed E-state index contributed by atoms with van der Waals surface area (Å²) in [5.74, 6) is -0.154. The van der Waals surface area contributed by atoms with Gasteiger partial charge in [0.1, 0.15) is 6.04 Å². The lowest BCUT2D eigenvalue weighted by Gasteiger charge is -2.23. The first-order valence-electron chi connectivity index (χ1n) is 7.14. The number of carbonyl (C=O) groups is 1. The van der Waals surface area contributed by atoms with E-state index in [2.05, 4.69) is 15.4 Å². The van der Waals surface area contributed by atoms with Gasteiger partial charge in [0.05, 0.1) is 24.7 Å². The third-order valence-corrected chi connectivity index (χ3v) is 4.67. The molecule has 0 aromatic heterocycles. The van der Waals surface area contributed by atoms with E-state index in [1.165, 1.54) is 0 Å². The van der Waals surface area contributed by atoms with Crippen LogP contribution in [0.4, 0.5) is 11.4 Å². The van der Waals surface area contributed by atoms with Crippen molar-refractivity contribution in [2.75, 3.05) is 35.6 Å². The second-order valence-corrected chi connectivity index (χ2v) is 7.12. The molecule has 2 rings (SSSR count). The van der Waals surface area contributed by atoms with Gasteiger partial charge in [-0.25, -0.2) is 8.42 Å². The molecule has 1 unspecified atom stereocenters. The first-order valence-corrected chi connectivity index (χ1v) is 8.79. The van der Waals surface area contributed by atoms with Crippen molar-refractivity contribution in [2.24, 2.45) is 0 Å². The number of carbonyl (C=O) groups excluding carboxylic acids is 1. The van der Waals surface area contributed by atoms with Crippen LogP contribution in [0.25, 0.3) is 0 Å². The van der Waals surface area contributed by atoms with E-state index in [0.29, 0.717) is 31.1 Å². The van der Waals surface area contributed by atoms with Gasteiger partial charge in [-0.1, -0.05) is 0 Å². The van der Waals surface area contributed by atoms with E-state index in [4.69, 9.17) is 4.74 Å². The minimum atomic E-state index is -3.31. The molecule has 7 nitrogen and oxygen atoms in total. The maximum Gasteiger partial charge on any atom is 0.243 e. The van der Waals surface area contributed by atoms with Crippen molar-refractivity contribution in [3.05, 3.63) is 23.8 Å². The monoisotopic (exact) mass is 327 g/mol. The van der Waals surface area contributed by atoms with Crippen molar-refractivity contribution in [2.45, 2.75) is 19.9 Å². The van der Waals surface area contributed by atoms with E-state index in [-0.39, 0.29) is 17.7 Å². The van der Waals surface area contributed by atoms with E-state index in [9.17, 15) is 13.2 Å². The standard InChI is InChI=1S/C14H21N3O4S/c1-3-22(19,20)17-12-5-4-11(8-10(12)2)16-14(18)13-9-21-7-6-15-13/h4-5,8,13,15,17H,3,6-7,9H2,1-2H3,(H,16,18). The molecule has 3 N–H and O–H groups in total. The molecule has 0 aliphatic carbocycles. The highest BCUT2D eigenvalue weighted by Gasteiger charge is 2.21. The molecule has 1 fully saturated rings. The normalized spacial score (nSPS) is 18.7. The number of amides is 1. The summed E-state index contributed by atoms with van der Waals surface area (Å²) in [5.41, 5.74) is 1.87. The molecule has 1 heterocycles. The maximum atomic E-state index is 12.1. The van der Waals surface area contributed by atoms with Crippen LogP contribution in [0.2, 0.25) is 0 Å². The lowest BCUT2D eigenvalue weighted by atomic mass is 10.1. The lowest BCUT2D eigenvalue weighted by molar-refractivity contribution is -0.120. The number of anilines is 2. The van der Waals surface area contributed by atoms with Gasteiger partial charge in [-0.3, -0.25) is 9.52 Å². The SMILES string of the molecule is CCS(=O)(=O)Nc1ccc(NC(=O)C2COCCN2)cc1C. The van der Waals surface area contributed by atoms with Crippen LogP contribution < -0.4 is 15.4 Å². The Morgan fingerprint density at radius 1 is 1.45 bits per heavy atom. The zero-order valence-corrected chi connectivity index (χ0v) is 13.5. The fraction of sp³-hybridized carbons (Fsp3) is 0.500. The molecule has 122 valence electrons. The van der Waals surface area contributed by atoms with Gasteiger partial charge in [0.15, 0.2) is 0 Å². The van der Waals surface area contributed by atoms with Gasteiger partial charge in [0.25, 0.3) is 0 Å². The molecule has 8 heteroatoms. The second kappa shape index (κ2) is 7.08.